The minimum absolute atomic E-state index is 0.346. The van der Waals surface area contributed by atoms with Gasteiger partial charge >= 0.3 is 0 Å². The first-order valence-electron chi connectivity index (χ1n) is 15.6. The Morgan fingerprint density at radius 1 is 0.311 bits per heavy atom. The van der Waals surface area contributed by atoms with Gasteiger partial charge < -0.3 is 14.2 Å². The SMILES string of the molecule is c1ccc(C2(COCC3(c4ccccc4)OC3(c3ccccc3)c3ccccc3)OC2(c2ccccc2)c2ccccc2)cc1. The summed E-state index contributed by atoms with van der Waals surface area (Å²) in [5, 5.41) is 0. The summed E-state index contributed by atoms with van der Waals surface area (Å²) in [5.74, 6) is 0. The molecule has 0 radical (unpaired) electrons. The summed E-state index contributed by atoms with van der Waals surface area (Å²) >= 11 is 0. The Balaban J connectivity index is 1.22. The highest BCUT2D eigenvalue weighted by molar-refractivity contribution is 5.53. The molecule has 0 aliphatic carbocycles. The molecule has 0 N–H and O–H groups in total. The third-order valence-electron chi connectivity index (χ3n) is 9.52. The number of ether oxygens (including phenoxy) is 3. The Labute approximate surface area is 264 Å². The van der Waals surface area contributed by atoms with Crippen LogP contribution in [0.1, 0.15) is 33.4 Å². The van der Waals surface area contributed by atoms with E-state index in [0.717, 1.165) is 33.4 Å². The molecule has 3 nitrogen and oxygen atoms in total. The molecule has 0 amide bonds. The molecule has 0 aromatic heterocycles. The number of hydrogen-bond acceptors (Lipinski definition) is 3. The molecule has 2 aliphatic rings. The highest BCUT2D eigenvalue weighted by Crippen LogP contribution is 2.68. The normalized spacial score (nSPS) is 22.4. The van der Waals surface area contributed by atoms with Crippen molar-refractivity contribution >= 4 is 0 Å². The summed E-state index contributed by atoms with van der Waals surface area (Å²) in [6.45, 7) is 0.691. The monoisotopic (exact) mass is 586 g/mol. The summed E-state index contributed by atoms with van der Waals surface area (Å²) in [5.41, 5.74) is 3.73. The van der Waals surface area contributed by atoms with Gasteiger partial charge in [0.2, 0.25) is 0 Å². The molecule has 3 heteroatoms. The second-order valence-electron chi connectivity index (χ2n) is 11.9. The third-order valence-corrected chi connectivity index (χ3v) is 9.52. The molecule has 2 heterocycles. The van der Waals surface area contributed by atoms with Crippen molar-refractivity contribution < 1.29 is 14.2 Å². The molecular formula is C42H34O3. The van der Waals surface area contributed by atoms with E-state index in [9.17, 15) is 0 Å². The Morgan fingerprint density at radius 2 is 0.533 bits per heavy atom. The van der Waals surface area contributed by atoms with E-state index in [1.54, 1.807) is 0 Å². The molecule has 8 rings (SSSR count). The van der Waals surface area contributed by atoms with Crippen LogP contribution in [0.15, 0.2) is 182 Å². The van der Waals surface area contributed by atoms with Gasteiger partial charge in [-0.3, -0.25) is 0 Å². The fourth-order valence-corrected chi connectivity index (χ4v) is 7.37. The first kappa shape index (κ1) is 27.7. The van der Waals surface area contributed by atoms with Gasteiger partial charge in [-0.2, -0.15) is 0 Å². The van der Waals surface area contributed by atoms with Crippen LogP contribution < -0.4 is 0 Å². The zero-order chi connectivity index (χ0) is 30.2. The Bertz CT molecular complexity index is 1640. The summed E-state index contributed by atoms with van der Waals surface area (Å²) in [4.78, 5) is 0. The molecule has 220 valence electrons. The minimum Gasteiger partial charge on any atom is -0.374 e. The predicted molar refractivity (Wildman–Crippen MR) is 177 cm³/mol. The summed E-state index contributed by atoms with van der Waals surface area (Å²) in [7, 11) is 0. The van der Waals surface area contributed by atoms with Crippen LogP contribution in [0.5, 0.6) is 0 Å². The lowest BCUT2D eigenvalue weighted by Crippen LogP contribution is -2.33. The number of hydrogen-bond donors (Lipinski definition) is 0. The van der Waals surface area contributed by atoms with Crippen LogP contribution in [0.2, 0.25) is 0 Å². The fraction of sp³-hybridized carbons (Fsp3) is 0.143. The average Bonchev–Trinajstić information content (AvgIpc) is 4.03. The number of rotatable bonds is 10. The summed E-state index contributed by atoms with van der Waals surface area (Å²) < 4.78 is 21.0. The Hall–Kier alpha value is -4.80. The molecule has 0 saturated carbocycles. The van der Waals surface area contributed by atoms with E-state index in [-0.39, 0.29) is 0 Å². The minimum atomic E-state index is -0.730. The zero-order valence-electron chi connectivity index (χ0n) is 25.0. The molecule has 6 aromatic rings. The lowest BCUT2D eigenvalue weighted by molar-refractivity contribution is 0.0402. The molecule has 0 bridgehead atoms. The van der Waals surface area contributed by atoms with Crippen molar-refractivity contribution in [1.29, 1.82) is 0 Å². The quantitative estimate of drug-likeness (QED) is 0.151. The van der Waals surface area contributed by atoms with Gasteiger partial charge in [0.05, 0.1) is 13.2 Å². The van der Waals surface area contributed by atoms with Crippen LogP contribution in [-0.2, 0) is 36.6 Å². The maximum absolute atomic E-state index is 7.05. The van der Waals surface area contributed by atoms with E-state index in [1.165, 1.54) is 0 Å². The molecule has 2 atom stereocenters. The van der Waals surface area contributed by atoms with Gasteiger partial charge in [0, 0.05) is 0 Å². The molecular weight excluding hydrogens is 552 g/mol. The van der Waals surface area contributed by atoms with Crippen molar-refractivity contribution in [2.24, 2.45) is 0 Å². The number of benzene rings is 6. The first-order valence-corrected chi connectivity index (χ1v) is 15.6. The van der Waals surface area contributed by atoms with E-state index in [4.69, 9.17) is 14.2 Å². The van der Waals surface area contributed by atoms with Gasteiger partial charge in [0.1, 0.15) is 0 Å². The van der Waals surface area contributed by atoms with Crippen molar-refractivity contribution in [2.45, 2.75) is 22.4 Å². The van der Waals surface area contributed by atoms with Crippen LogP contribution in [-0.4, -0.2) is 13.2 Å². The number of epoxide rings is 2. The van der Waals surface area contributed by atoms with Crippen molar-refractivity contribution in [3.63, 3.8) is 0 Å². The van der Waals surface area contributed by atoms with Gasteiger partial charge in [-0.25, -0.2) is 0 Å². The maximum atomic E-state index is 7.05. The zero-order valence-corrected chi connectivity index (χ0v) is 25.0. The topological polar surface area (TPSA) is 34.3 Å². The highest BCUT2D eigenvalue weighted by atomic mass is 16.7. The smallest absolute Gasteiger partial charge is 0.155 e. The Morgan fingerprint density at radius 3 is 0.778 bits per heavy atom. The van der Waals surface area contributed by atoms with E-state index in [2.05, 4.69) is 146 Å². The molecule has 45 heavy (non-hydrogen) atoms. The van der Waals surface area contributed by atoms with Crippen molar-refractivity contribution in [1.82, 2.24) is 0 Å². The van der Waals surface area contributed by atoms with Crippen LogP contribution in [0, 0.1) is 0 Å². The van der Waals surface area contributed by atoms with Gasteiger partial charge in [-0.15, -0.1) is 0 Å². The van der Waals surface area contributed by atoms with Gasteiger partial charge in [0.15, 0.2) is 22.4 Å². The molecule has 2 fully saturated rings. The van der Waals surface area contributed by atoms with Crippen molar-refractivity contribution in [3.05, 3.63) is 215 Å². The molecule has 2 aliphatic heterocycles. The van der Waals surface area contributed by atoms with Gasteiger partial charge in [0.25, 0.3) is 0 Å². The molecule has 0 spiro atoms. The van der Waals surface area contributed by atoms with Gasteiger partial charge in [-0.1, -0.05) is 182 Å². The first-order chi connectivity index (χ1) is 22.3. The van der Waals surface area contributed by atoms with Crippen LogP contribution >= 0.6 is 0 Å². The second-order valence-corrected chi connectivity index (χ2v) is 11.9. The lowest BCUT2D eigenvalue weighted by Gasteiger charge is -2.25. The van der Waals surface area contributed by atoms with Crippen molar-refractivity contribution in [2.75, 3.05) is 13.2 Å². The maximum Gasteiger partial charge on any atom is 0.155 e. The summed E-state index contributed by atoms with van der Waals surface area (Å²) in [6.07, 6.45) is 0. The molecule has 2 saturated heterocycles. The standard InChI is InChI=1S/C42H34O3/c1-7-19-33(20-8-1)39(41(44-39,35-23-11-3-12-24-35)36-25-13-4-14-26-36)31-43-32-40(34-21-9-2-10-22-34)42(45-40,37-27-15-5-16-28-37)38-29-17-6-18-30-38/h1-30H,31-32H2. The third kappa shape index (κ3) is 4.23. The van der Waals surface area contributed by atoms with E-state index in [1.807, 2.05) is 36.4 Å². The van der Waals surface area contributed by atoms with E-state index < -0.39 is 22.4 Å². The van der Waals surface area contributed by atoms with Crippen LogP contribution in [0.4, 0.5) is 0 Å². The van der Waals surface area contributed by atoms with E-state index >= 15 is 0 Å². The van der Waals surface area contributed by atoms with Crippen LogP contribution in [0.3, 0.4) is 0 Å². The van der Waals surface area contributed by atoms with Crippen LogP contribution in [0.25, 0.3) is 0 Å². The highest BCUT2D eigenvalue weighted by Gasteiger charge is 2.75. The molecule has 2 unspecified atom stereocenters. The Kier molecular flexibility index (Phi) is 6.76. The fourth-order valence-electron chi connectivity index (χ4n) is 7.37. The largest absolute Gasteiger partial charge is 0.374 e. The van der Waals surface area contributed by atoms with E-state index in [0.29, 0.717) is 13.2 Å². The van der Waals surface area contributed by atoms with Crippen molar-refractivity contribution in [3.8, 4) is 0 Å². The summed E-state index contributed by atoms with van der Waals surface area (Å²) in [6, 6.07) is 63.0. The molecule has 6 aromatic carbocycles. The van der Waals surface area contributed by atoms with Gasteiger partial charge in [-0.05, 0) is 33.4 Å². The average molecular weight is 587 g/mol. The second kappa shape index (κ2) is 11.0. The predicted octanol–water partition coefficient (Wildman–Crippen LogP) is 8.74. The lowest BCUT2D eigenvalue weighted by atomic mass is 9.77.